The maximum absolute atomic E-state index is 13.8. The lowest BCUT2D eigenvalue weighted by Crippen LogP contribution is -2.26. The Labute approximate surface area is 275 Å². The molecule has 3 N–H and O–H groups in total. The van der Waals surface area contributed by atoms with E-state index in [1.54, 1.807) is 36.4 Å². The number of alkyl halides is 3. The van der Waals surface area contributed by atoms with E-state index < -0.39 is 41.0 Å². The summed E-state index contributed by atoms with van der Waals surface area (Å²) in [6.07, 6.45) is -4.69. The fourth-order valence-corrected chi connectivity index (χ4v) is 5.29. The molecule has 0 saturated carbocycles. The molecule has 1 aliphatic carbocycles. The molecular weight excluding hydrogens is 647 g/mol. The van der Waals surface area contributed by atoms with E-state index in [1.807, 2.05) is 0 Å². The molecule has 12 heteroatoms. The van der Waals surface area contributed by atoms with Crippen LogP contribution in [0.4, 0.5) is 30.2 Å². The molecule has 0 heterocycles. The summed E-state index contributed by atoms with van der Waals surface area (Å²) in [6, 6.07) is 24.6. The van der Waals surface area contributed by atoms with Gasteiger partial charge in [0, 0.05) is 38.5 Å². The van der Waals surface area contributed by atoms with Crippen molar-refractivity contribution >= 4 is 58.0 Å². The SMILES string of the molecule is O=C(Nc1ccc(Cl)cc1)c1ccc(C(=O)Nc2ccc(NC(=O)c3cccc(C(F)(F)F)c3)c3c2C(=O)c2ccccc2C3=O)cc1. The molecule has 5 aromatic rings. The van der Waals surface area contributed by atoms with Crippen LogP contribution in [0, 0.1) is 0 Å². The van der Waals surface area contributed by atoms with E-state index in [0.717, 1.165) is 12.1 Å². The molecule has 238 valence electrons. The van der Waals surface area contributed by atoms with E-state index in [4.69, 9.17) is 11.6 Å². The van der Waals surface area contributed by atoms with Crippen molar-refractivity contribution < 1.29 is 37.1 Å². The van der Waals surface area contributed by atoms with Gasteiger partial charge in [-0.1, -0.05) is 41.9 Å². The van der Waals surface area contributed by atoms with E-state index >= 15 is 0 Å². The molecule has 1 aliphatic rings. The molecular formula is C36H21ClF3N3O5. The first-order valence-corrected chi connectivity index (χ1v) is 14.6. The number of amides is 3. The smallest absolute Gasteiger partial charge is 0.322 e. The lowest BCUT2D eigenvalue weighted by molar-refractivity contribution is -0.137. The molecule has 0 aliphatic heterocycles. The highest BCUT2D eigenvalue weighted by Crippen LogP contribution is 2.37. The number of anilines is 3. The van der Waals surface area contributed by atoms with E-state index in [0.29, 0.717) is 16.8 Å². The van der Waals surface area contributed by atoms with Gasteiger partial charge in [-0.25, -0.2) is 0 Å². The molecule has 5 aromatic carbocycles. The van der Waals surface area contributed by atoms with Crippen molar-refractivity contribution in [2.75, 3.05) is 16.0 Å². The van der Waals surface area contributed by atoms with Gasteiger partial charge < -0.3 is 16.0 Å². The fourth-order valence-electron chi connectivity index (χ4n) is 5.17. The highest BCUT2D eigenvalue weighted by atomic mass is 35.5. The monoisotopic (exact) mass is 667 g/mol. The van der Waals surface area contributed by atoms with Gasteiger partial charge >= 0.3 is 6.18 Å². The van der Waals surface area contributed by atoms with Gasteiger partial charge in [0.1, 0.15) is 0 Å². The van der Waals surface area contributed by atoms with Crippen LogP contribution in [0.5, 0.6) is 0 Å². The highest BCUT2D eigenvalue weighted by molar-refractivity contribution is 6.33. The van der Waals surface area contributed by atoms with Crippen molar-refractivity contribution in [1.82, 2.24) is 0 Å². The summed E-state index contributed by atoms with van der Waals surface area (Å²) >= 11 is 5.88. The van der Waals surface area contributed by atoms with Crippen LogP contribution in [0.3, 0.4) is 0 Å². The average molecular weight is 668 g/mol. The Morgan fingerprint density at radius 1 is 0.542 bits per heavy atom. The second-order valence-corrected chi connectivity index (χ2v) is 11.1. The van der Waals surface area contributed by atoms with Crippen LogP contribution in [0.2, 0.25) is 5.02 Å². The van der Waals surface area contributed by atoms with Gasteiger partial charge in [-0.15, -0.1) is 0 Å². The zero-order chi connectivity index (χ0) is 34.2. The number of nitrogens with one attached hydrogen (secondary N) is 3. The quantitative estimate of drug-likeness (QED) is 0.167. The molecule has 6 rings (SSSR count). The maximum Gasteiger partial charge on any atom is 0.416 e. The number of halogens is 4. The first-order valence-electron chi connectivity index (χ1n) is 14.2. The lowest BCUT2D eigenvalue weighted by atomic mass is 9.82. The van der Waals surface area contributed by atoms with E-state index in [-0.39, 0.29) is 50.3 Å². The topological polar surface area (TPSA) is 121 Å². The first kappa shape index (κ1) is 31.9. The van der Waals surface area contributed by atoms with E-state index in [9.17, 15) is 37.1 Å². The third-order valence-corrected chi connectivity index (χ3v) is 7.79. The third-order valence-electron chi connectivity index (χ3n) is 7.54. The van der Waals surface area contributed by atoms with Crippen LogP contribution >= 0.6 is 11.6 Å². The standard InChI is InChI=1S/C36H21ClF3N3O5/c37-23-12-14-24(15-13-23)41-33(46)19-8-10-20(11-9-19)34(47)42-27-16-17-28(43-35(48)21-4-3-5-22(18-21)36(38,39)40)30-29(27)31(44)25-6-1-2-7-26(25)32(30)45/h1-18H,(H,41,46)(H,42,47)(H,43,48). The second kappa shape index (κ2) is 12.6. The summed E-state index contributed by atoms with van der Waals surface area (Å²) in [6.45, 7) is 0. The summed E-state index contributed by atoms with van der Waals surface area (Å²) in [4.78, 5) is 66.5. The molecule has 0 atom stereocenters. The molecule has 0 aromatic heterocycles. The molecule has 0 spiro atoms. The van der Waals surface area contributed by atoms with Gasteiger partial charge in [0.05, 0.1) is 28.1 Å². The van der Waals surface area contributed by atoms with Crippen molar-refractivity contribution in [1.29, 1.82) is 0 Å². The van der Waals surface area contributed by atoms with Gasteiger partial charge in [0.25, 0.3) is 17.7 Å². The van der Waals surface area contributed by atoms with Gasteiger partial charge in [-0.3, -0.25) is 24.0 Å². The number of benzene rings is 5. The van der Waals surface area contributed by atoms with Crippen LogP contribution in [0.15, 0.2) is 109 Å². The third kappa shape index (κ3) is 6.31. The Bertz CT molecular complexity index is 2150. The van der Waals surface area contributed by atoms with Crippen molar-refractivity contribution in [2.24, 2.45) is 0 Å². The Morgan fingerprint density at radius 2 is 1.02 bits per heavy atom. The van der Waals surface area contributed by atoms with Crippen LogP contribution in [-0.2, 0) is 6.18 Å². The predicted octanol–water partition coefficient (Wildman–Crippen LogP) is 7.89. The largest absolute Gasteiger partial charge is 0.416 e. The fraction of sp³-hybridized carbons (Fsp3) is 0.0278. The molecule has 0 saturated heterocycles. The number of hydrogen-bond acceptors (Lipinski definition) is 5. The zero-order valence-electron chi connectivity index (χ0n) is 24.4. The summed E-state index contributed by atoms with van der Waals surface area (Å²) in [5.41, 5.74) is -0.921. The van der Waals surface area contributed by atoms with Crippen molar-refractivity contribution in [2.45, 2.75) is 6.18 Å². The average Bonchev–Trinajstić information content (AvgIpc) is 3.08. The zero-order valence-corrected chi connectivity index (χ0v) is 25.2. The van der Waals surface area contributed by atoms with Crippen molar-refractivity contribution in [3.63, 3.8) is 0 Å². The normalized spacial score (nSPS) is 12.1. The van der Waals surface area contributed by atoms with Crippen molar-refractivity contribution in [3.05, 3.63) is 159 Å². The summed E-state index contributed by atoms with van der Waals surface area (Å²) in [5.74, 6) is -3.28. The van der Waals surface area contributed by atoms with Gasteiger partial charge in [0.15, 0.2) is 11.6 Å². The maximum atomic E-state index is 13.8. The Balaban J connectivity index is 1.29. The number of fused-ring (bicyclic) bond motifs is 2. The van der Waals surface area contributed by atoms with E-state index in [1.165, 1.54) is 54.6 Å². The summed E-state index contributed by atoms with van der Waals surface area (Å²) in [7, 11) is 0. The molecule has 48 heavy (non-hydrogen) atoms. The number of carbonyl (C=O) groups is 5. The van der Waals surface area contributed by atoms with Gasteiger partial charge in [-0.2, -0.15) is 13.2 Å². The van der Waals surface area contributed by atoms with Gasteiger partial charge in [-0.05, 0) is 78.9 Å². The molecule has 0 bridgehead atoms. The Morgan fingerprint density at radius 3 is 1.52 bits per heavy atom. The minimum atomic E-state index is -4.69. The number of ketones is 2. The molecule has 3 amide bonds. The molecule has 0 fully saturated rings. The molecule has 8 nitrogen and oxygen atoms in total. The van der Waals surface area contributed by atoms with Crippen molar-refractivity contribution in [3.8, 4) is 0 Å². The first-order chi connectivity index (χ1) is 22.9. The summed E-state index contributed by atoms with van der Waals surface area (Å²) in [5, 5.41) is 8.32. The van der Waals surface area contributed by atoms with Gasteiger partial charge in [0.2, 0.25) is 0 Å². The summed E-state index contributed by atoms with van der Waals surface area (Å²) < 4.78 is 39.8. The number of carbonyl (C=O) groups excluding carboxylic acids is 5. The number of rotatable bonds is 6. The van der Waals surface area contributed by atoms with Crippen LogP contribution in [-0.4, -0.2) is 29.3 Å². The predicted molar refractivity (Wildman–Crippen MR) is 173 cm³/mol. The molecule has 0 radical (unpaired) electrons. The Kier molecular flexibility index (Phi) is 8.38. The lowest BCUT2D eigenvalue weighted by Gasteiger charge is -2.23. The van der Waals surface area contributed by atoms with E-state index in [2.05, 4.69) is 16.0 Å². The highest BCUT2D eigenvalue weighted by Gasteiger charge is 2.35. The number of hydrogen-bond donors (Lipinski definition) is 3. The minimum absolute atomic E-state index is 0.0375. The molecule has 0 unspecified atom stereocenters. The van der Waals surface area contributed by atoms with Crippen LogP contribution in [0.25, 0.3) is 0 Å². The van der Waals surface area contributed by atoms with Crippen LogP contribution in [0.1, 0.15) is 68.5 Å². The van der Waals surface area contributed by atoms with Crippen LogP contribution < -0.4 is 16.0 Å². The second-order valence-electron chi connectivity index (χ2n) is 10.6. The minimum Gasteiger partial charge on any atom is -0.322 e. The Hall–Kier alpha value is -6.07.